The Kier molecular flexibility index (Phi) is 79.8. The number of carbonyl (C=O) groups excluding carboxylic acids is 2. The third-order valence-electron chi connectivity index (χ3n) is 20.3. The van der Waals surface area contributed by atoms with E-state index in [0.717, 1.165) is 38.5 Å². The molecule has 3 N–H and O–H groups in total. The molecule has 0 bridgehead atoms. The van der Waals surface area contributed by atoms with Gasteiger partial charge in [-0.05, 0) is 51.4 Å². The number of hydrogen-bond donors (Lipinski definition) is 3. The highest BCUT2D eigenvalue weighted by atomic mass is 16.5. The van der Waals surface area contributed by atoms with Crippen LogP contribution in [0, 0.1) is 0 Å². The first kappa shape index (κ1) is 89.6. The fraction of sp³-hybridized carbons (Fsp3) is 0.953. The molecule has 0 saturated heterocycles. The second-order valence-electron chi connectivity index (χ2n) is 29.5. The number of rotatable bonds is 81. The summed E-state index contributed by atoms with van der Waals surface area (Å²) in [6, 6.07) is -0.539. The van der Waals surface area contributed by atoms with Crippen molar-refractivity contribution in [3.05, 3.63) is 12.2 Å². The van der Waals surface area contributed by atoms with Crippen molar-refractivity contribution < 1.29 is 24.5 Å². The van der Waals surface area contributed by atoms with Crippen molar-refractivity contribution >= 4 is 11.9 Å². The second kappa shape index (κ2) is 81.0. The van der Waals surface area contributed by atoms with E-state index >= 15 is 0 Å². The summed E-state index contributed by atoms with van der Waals surface area (Å²) in [6.07, 6.45) is 103. The van der Waals surface area contributed by atoms with Gasteiger partial charge in [0.1, 0.15) is 0 Å². The maximum absolute atomic E-state index is 12.6. The van der Waals surface area contributed by atoms with Gasteiger partial charge < -0.3 is 20.3 Å². The molecule has 0 fully saturated rings. The standard InChI is InChI=1S/C85H167NO5/c1-3-5-7-9-11-13-15-17-18-19-20-21-22-38-41-44-47-50-54-57-61-65-69-73-77-83(88)82(81-87)86-84(89)78-74-70-66-62-58-55-51-48-45-42-39-36-34-32-30-28-26-24-23-25-27-29-31-33-35-37-40-43-46-49-52-56-60-64-68-72-76-80-91-85(90)79-75-71-67-63-59-53-16-14-12-10-8-6-4-2/h23,25,82-83,87-88H,3-22,24,26-81H2,1-2H3,(H,86,89)/b25-23-. The minimum atomic E-state index is -0.662. The van der Waals surface area contributed by atoms with E-state index < -0.39 is 12.1 Å². The topological polar surface area (TPSA) is 95.9 Å². The predicted molar refractivity (Wildman–Crippen MR) is 403 cm³/mol. The summed E-state index contributed by atoms with van der Waals surface area (Å²) >= 11 is 0. The van der Waals surface area contributed by atoms with Crippen LogP contribution in [-0.2, 0) is 14.3 Å². The molecule has 0 aliphatic heterocycles. The van der Waals surface area contributed by atoms with Crippen LogP contribution >= 0.6 is 0 Å². The van der Waals surface area contributed by atoms with E-state index in [4.69, 9.17) is 4.74 Å². The molecular weight excluding hydrogens is 1110 g/mol. The monoisotopic (exact) mass is 1280 g/mol. The van der Waals surface area contributed by atoms with Gasteiger partial charge in [0.15, 0.2) is 0 Å². The number of allylic oxidation sites excluding steroid dienone is 2. The maximum atomic E-state index is 12.6. The van der Waals surface area contributed by atoms with Crippen molar-refractivity contribution in [2.24, 2.45) is 0 Å². The molecule has 0 saturated carbocycles. The summed E-state index contributed by atoms with van der Waals surface area (Å²) in [4.78, 5) is 24.7. The van der Waals surface area contributed by atoms with Crippen LogP contribution in [0.15, 0.2) is 12.2 Å². The summed E-state index contributed by atoms with van der Waals surface area (Å²) < 4.78 is 5.50. The zero-order valence-corrected chi connectivity index (χ0v) is 62.4. The largest absolute Gasteiger partial charge is 0.466 e. The molecule has 0 aromatic rings. The lowest BCUT2D eigenvalue weighted by Crippen LogP contribution is -2.45. The van der Waals surface area contributed by atoms with Gasteiger partial charge in [-0.25, -0.2) is 0 Å². The van der Waals surface area contributed by atoms with Gasteiger partial charge in [0.05, 0.1) is 25.4 Å². The van der Waals surface area contributed by atoms with Crippen LogP contribution in [0.3, 0.4) is 0 Å². The normalized spacial score (nSPS) is 12.4. The lowest BCUT2D eigenvalue weighted by atomic mass is 10.0. The second-order valence-corrected chi connectivity index (χ2v) is 29.5. The average Bonchev–Trinajstić information content (AvgIpc) is 3.61. The third kappa shape index (κ3) is 77.5. The van der Waals surface area contributed by atoms with Gasteiger partial charge in [-0.3, -0.25) is 9.59 Å². The number of unbranched alkanes of at least 4 members (excludes halogenated alkanes) is 68. The number of amides is 1. The molecule has 6 heteroatoms. The van der Waals surface area contributed by atoms with Crippen molar-refractivity contribution in [1.82, 2.24) is 5.32 Å². The Morgan fingerprint density at radius 3 is 0.780 bits per heavy atom. The fourth-order valence-corrected chi connectivity index (χ4v) is 13.9. The first-order valence-electron chi connectivity index (χ1n) is 42.4. The van der Waals surface area contributed by atoms with Gasteiger partial charge in [0.25, 0.3) is 0 Å². The molecule has 6 nitrogen and oxygen atoms in total. The van der Waals surface area contributed by atoms with Crippen molar-refractivity contribution in [3.8, 4) is 0 Å². The van der Waals surface area contributed by atoms with Crippen molar-refractivity contribution in [1.29, 1.82) is 0 Å². The van der Waals surface area contributed by atoms with E-state index in [-0.39, 0.29) is 18.5 Å². The molecule has 0 radical (unpaired) electrons. The number of nitrogens with one attached hydrogen (secondary N) is 1. The van der Waals surface area contributed by atoms with E-state index in [1.165, 1.54) is 424 Å². The smallest absolute Gasteiger partial charge is 0.305 e. The first-order chi connectivity index (χ1) is 45.0. The zero-order chi connectivity index (χ0) is 65.6. The quantitative estimate of drug-likeness (QED) is 0.0320. The van der Waals surface area contributed by atoms with Crippen molar-refractivity contribution in [3.63, 3.8) is 0 Å². The summed E-state index contributed by atoms with van der Waals surface area (Å²) in [6.45, 7) is 5.02. The van der Waals surface area contributed by atoms with Crippen LogP contribution in [0.4, 0.5) is 0 Å². The first-order valence-corrected chi connectivity index (χ1v) is 42.4. The Morgan fingerprint density at radius 2 is 0.516 bits per heavy atom. The maximum Gasteiger partial charge on any atom is 0.305 e. The molecule has 0 spiro atoms. The average molecular weight is 1280 g/mol. The Labute approximate surface area is 571 Å². The van der Waals surface area contributed by atoms with Crippen molar-refractivity contribution in [2.45, 2.75) is 508 Å². The molecule has 0 aromatic heterocycles. The van der Waals surface area contributed by atoms with E-state index in [1.54, 1.807) is 0 Å². The van der Waals surface area contributed by atoms with Gasteiger partial charge in [-0.2, -0.15) is 0 Å². The molecular formula is C85H167NO5. The minimum absolute atomic E-state index is 0.0243. The fourth-order valence-electron chi connectivity index (χ4n) is 13.9. The number of hydrogen-bond acceptors (Lipinski definition) is 5. The lowest BCUT2D eigenvalue weighted by molar-refractivity contribution is -0.143. The summed E-state index contributed by atoms with van der Waals surface area (Å²) in [5.41, 5.74) is 0. The van der Waals surface area contributed by atoms with Gasteiger partial charge in [0, 0.05) is 12.8 Å². The number of carbonyl (C=O) groups is 2. The Hall–Kier alpha value is -1.40. The van der Waals surface area contributed by atoms with E-state index in [1.807, 2.05) is 0 Å². The molecule has 0 aliphatic carbocycles. The molecule has 91 heavy (non-hydrogen) atoms. The molecule has 0 heterocycles. The number of aliphatic hydroxyl groups excluding tert-OH is 2. The molecule has 2 unspecified atom stereocenters. The summed E-state index contributed by atoms with van der Waals surface area (Å²) in [5.74, 6) is -0.000112. The Balaban J connectivity index is 3.33. The van der Waals surface area contributed by atoms with Gasteiger partial charge >= 0.3 is 5.97 Å². The number of aliphatic hydroxyl groups is 2. The molecule has 0 aliphatic rings. The number of esters is 1. The summed E-state index contributed by atoms with van der Waals surface area (Å²) in [5, 5.41) is 23.5. The zero-order valence-electron chi connectivity index (χ0n) is 62.4. The SMILES string of the molecule is CCCCCCCCCCCCCCCCCCCCCCCCCCC(O)C(CO)NC(=O)CCCCCCCCCCCCCCCCCCC/C=C\CCCCCCCCCCCCCCCCCCOC(=O)CCCCCCCCCCCCCCC. The highest BCUT2D eigenvalue weighted by molar-refractivity contribution is 5.76. The van der Waals surface area contributed by atoms with E-state index in [0.29, 0.717) is 25.9 Å². The molecule has 1 amide bonds. The summed E-state index contributed by atoms with van der Waals surface area (Å²) in [7, 11) is 0. The molecule has 2 atom stereocenters. The van der Waals surface area contributed by atoms with Crippen LogP contribution in [0.2, 0.25) is 0 Å². The lowest BCUT2D eigenvalue weighted by Gasteiger charge is -2.22. The van der Waals surface area contributed by atoms with Crippen LogP contribution in [0.25, 0.3) is 0 Å². The Bertz CT molecular complexity index is 1380. The molecule has 0 rings (SSSR count). The Morgan fingerprint density at radius 1 is 0.297 bits per heavy atom. The van der Waals surface area contributed by atoms with E-state index in [9.17, 15) is 19.8 Å². The third-order valence-corrected chi connectivity index (χ3v) is 20.3. The predicted octanol–water partition coefficient (Wildman–Crippen LogP) is 28.2. The highest BCUT2D eigenvalue weighted by Crippen LogP contribution is 2.21. The minimum Gasteiger partial charge on any atom is -0.466 e. The highest BCUT2D eigenvalue weighted by Gasteiger charge is 2.20. The van der Waals surface area contributed by atoms with Gasteiger partial charge in [0.2, 0.25) is 5.91 Å². The van der Waals surface area contributed by atoms with Crippen LogP contribution in [0.1, 0.15) is 495 Å². The molecule has 542 valence electrons. The van der Waals surface area contributed by atoms with Crippen LogP contribution < -0.4 is 5.32 Å². The molecule has 0 aromatic carbocycles. The van der Waals surface area contributed by atoms with Crippen molar-refractivity contribution in [2.75, 3.05) is 13.2 Å². The van der Waals surface area contributed by atoms with Crippen LogP contribution in [-0.4, -0.2) is 47.4 Å². The van der Waals surface area contributed by atoms with Gasteiger partial charge in [-0.1, -0.05) is 443 Å². The number of ether oxygens (including phenoxy) is 1. The van der Waals surface area contributed by atoms with E-state index in [2.05, 4.69) is 31.3 Å². The van der Waals surface area contributed by atoms with Gasteiger partial charge in [-0.15, -0.1) is 0 Å². The van der Waals surface area contributed by atoms with Crippen LogP contribution in [0.5, 0.6) is 0 Å².